The Balaban J connectivity index is 0.878. The quantitative estimate of drug-likeness (QED) is 0.0552. The third-order valence-electron chi connectivity index (χ3n) is 10.2. The van der Waals surface area contributed by atoms with Gasteiger partial charge in [0.25, 0.3) is 5.56 Å². The Labute approximate surface area is 351 Å². The molecule has 3 aliphatic rings. The van der Waals surface area contributed by atoms with Gasteiger partial charge in [-0.25, -0.2) is 34.9 Å². The van der Waals surface area contributed by atoms with E-state index in [-0.39, 0.29) is 48.0 Å². The molecule has 0 spiro atoms. The van der Waals surface area contributed by atoms with Crippen molar-refractivity contribution in [3.63, 3.8) is 0 Å². The van der Waals surface area contributed by atoms with E-state index in [0.717, 1.165) is 0 Å². The molecular formula is C30H35N15O12P2S2-2. The summed E-state index contributed by atoms with van der Waals surface area (Å²) in [5.41, 5.74) is 18.5. The van der Waals surface area contributed by atoms with Crippen molar-refractivity contribution in [2.75, 3.05) is 37.0 Å². The van der Waals surface area contributed by atoms with Crippen LogP contribution in [0.3, 0.4) is 0 Å². The van der Waals surface area contributed by atoms with Gasteiger partial charge in [0, 0.05) is 19.3 Å². The number of aromatic nitrogens is 12. The van der Waals surface area contributed by atoms with Crippen LogP contribution in [0, 0.1) is 0 Å². The maximum absolute atomic E-state index is 13.8. The molecule has 9 rings (SSSR count). The Morgan fingerprint density at radius 2 is 1.31 bits per heavy atom. The van der Waals surface area contributed by atoms with E-state index in [9.17, 15) is 24.5 Å². The highest BCUT2D eigenvalue weighted by molar-refractivity contribution is 8.32. The van der Waals surface area contributed by atoms with Crippen LogP contribution < -0.4 is 27.7 Å². The molecule has 0 saturated carbocycles. The van der Waals surface area contributed by atoms with Gasteiger partial charge in [0.1, 0.15) is 67.4 Å². The van der Waals surface area contributed by atoms with Crippen LogP contribution in [0.15, 0.2) is 36.4 Å². The average molecular weight is 924 g/mol. The number of rotatable bonds is 14. The monoisotopic (exact) mass is 923 g/mol. The molecule has 0 aliphatic carbocycles. The maximum Gasteiger partial charge on any atom is 0.280 e. The molecule has 31 heteroatoms. The van der Waals surface area contributed by atoms with Crippen molar-refractivity contribution in [3.8, 4) is 0 Å². The van der Waals surface area contributed by atoms with Gasteiger partial charge in [0.05, 0.1) is 57.1 Å². The summed E-state index contributed by atoms with van der Waals surface area (Å²) in [5.74, 6) is 0.142. The van der Waals surface area contributed by atoms with Crippen LogP contribution >= 0.6 is 13.5 Å². The fourth-order valence-electron chi connectivity index (χ4n) is 7.35. The first kappa shape index (κ1) is 42.0. The molecule has 61 heavy (non-hydrogen) atoms. The van der Waals surface area contributed by atoms with Crippen molar-refractivity contribution < 1.29 is 52.0 Å². The molecule has 6 aromatic rings. The van der Waals surface area contributed by atoms with Gasteiger partial charge in [-0.15, -0.1) is 0 Å². The summed E-state index contributed by atoms with van der Waals surface area (Å²) >= 11 is 10.6. The number of nitrogens with one attached hydrogen (secondary N) is 1. The first-order chi connectivity index (χ1) is 29.2. The minimum Gasteiger partial charge on any atom is -0.780 e. The van der Waals surface area contributed by atoms with Gasteiger partial charge in [0.2, 0.25) is 5.95 Å². The van der Waals surface area contributed by atoms with Crippen LogP contribution in [0.4, 0.5) is 17.6 Å². The highest BCUT2D eigenvalue weighted by atomic mass is 32.7. The Hall–Kier alpha value is -4.32. The SMILES string of the molecule is Nc1nc2c(ncn2[C@H]2CC(OP([O-])(=S)OC[C@H]3O[C@@H](n4cnc5c(N)ncnc54)CC3OP(=O)([S-])OC[C@H]3O[C@@H](n4cnc5c(N)ncnc54)CC3O)[C@@H](CO)O2)c(=O)[nH]1. The number of aromatic amines is 1. The lowest BCUT2D eigenvalue weighted by Gasteiger charge is -2.34. The minimum atomic E-state index is -4.40. The number of aliphatic hydroxyl groups is 2. The van der Waals surface area contributed by atoms with Crippen LogP contribution in [-0.2, 0) is 60.9 Å². The summed E-state index contributed by atoms with van der Waals surface area (Å²) in [6.45, 7) is -10.3. The third kappa shape index (κ3) is 8.34. The van der Waals surface area contributed by atoms with Crippen molar-refractivity contribution in [3.05, 3.63) is 42.0 Å². The van der Waals surface area contributed by atoms with Crippen LogP contribution in [0.25, 0.3) is 33.5 Å². The van der Waals surface area contributed by atoms with Crippen molar-refractivity contribution in [2.24, 2.45) is 0 Å². The summed E-state index contributed by atoms with van der Waals surface area (Å²) < 4.78 is 59.4. The summed E-state index contributed by atoms with van der Waals surface area (Å²) in [4.78, 5) is 61.5. The second-order valence-corrected chi connectivity index (χ2v) is 19.5. The van der Waals surface area contributed by atoms with E-state index in [2.05, 4.69) is 44.9 Å². The molecule has 326 valence electrons. The molecule has 3 fully saturated rings. The van der Waals surface area contributed by atoms with Gasteiger partial charge in [-0.3, -0.25) is 28.0 Å². The van der Waals surface area contributed by atoms with E-state index in [0.29, 0.717) is 22.3 Å². The van der Waals surface area contributed by atoms with E-state index >= 15 is 0 Å². The van der Waals surface area contributed by atoms with Gasteiger partial charge < -0.3 is 76.9 Å². The molecule has 5 unspecified atom stereocenters. The van der Waals surface area contributed by atoms with Gasteiger partial charge in [-0.05, 0) is 0 Å². The van der Waals surface area contributed by atoms with Gasteiger partial charge in [-0.1, -0.05) is 11.8 Å². The van der Waals surface area contributed by atoms with Crippen molar-refractivity contribution >= 4 is 88.6 Å². The molecule has 11 atom stereocenters. The molecule has 27 nitrogen and oxygen atoms in total. The number of fused-ring (bicyclic) bond motifs is 3. The van der Waals surface area contributed by atoms with E-state index in [1.807, 2.05) is 0 Å². The number of nitrogen functional groups attached to an aromatic ring is 3. The Morgan fingerprint density at radius 3 is 1.93 bits per heavy atom. The third-order valence-corrected chi connectivity index (χ3v) is 13.4. The minimum absolute atomic E-state index is 0.00000230. The zero-order valence-corrected chi connectivity index (χ0v) is 34.6. The van der Waals surface area contributed by atoms with E-state index in [1.165, 1.54) is 36.2 Å². The highest BCUT2D eigenvalue weighted by Gasteiger charge is 2.43. The summed E-state index contributed by atoms with van der Waals surface area (Å²) in [6, 6.07) is 0. The molecular weight excluding hydrogens is 889 g/mol. The number of nitrogens with two attached hydrogens (primary N) is 3. The van der Waals surface area contributed by atoms with Gasteiger partial charge in [-0.2, -0.15) is 4.98 Å². The molecule has 9 heterocycles. The van der Waals surface area contributed by atoms with Crippen molar-refractivity contribution in [2.45, 2.75) is 74.6 Å². The van der Waals surface area contributed by atoms with Gasteiger partial charge in [0.15, 0.2) is 40.9 Å². The molecule has 0 amide bonds. The largest absolute Gasteiger partial charge is 0.780 e. The topological polar surface area (TPSA) is 374 Å². The molecule has 3 aliphatic heterocycles. The molecule has 0 radical (unpaired) electrons. The number of hydrogen-bond acceptors (Lipinski definition) is 25. The van der Waals surface area contributed by atoms with Crippen LogP contribution in [0.2, 0.25) is 0 Å². The predicted molar refractivity (Wildman–Crippen MR) is 212 cm³/mol. The first-order valence-electron chi connectivity index (χ1n) is 18.3. The zero-order valence-electron chi connectivity index (χ0n) is 31.2. The lowest BCUT2D eigenvalue weighted by Crippen LogP contribution is -2.32. The molecule has 0 bridgehead atoms. The van der Waals surface area contributed by atoms with Crippen molar-refractivity contribution in [1.29, 1.82) is 0 Å². The van der Waals surface area contributed by atoms with Crippen LogP contribution in [-0.4, -0.2) is 125 Å². The lowest BCUT2D eigenvalue weighted by atomic mass is 10.2. The van der Waals surface area contributed by atoms with Crippen LogP contribution in [0.5, 0.6) is 0 Å². The average Bonchev–Trinajstić information content (AvgIpc) is 4.06. The Morgan fingerprint density at radius 1 is 0.787 bits per heavy atom. The highest BCUT2D eigenvalue weighted by Crippen LogP contribution is 2.52. The number of H-pyrrole nitrogens is 1. The van der Waals surface area contributed by atoms with E-state index in [1.54, 1.807) is 9.13 Å². The molecule has 3 saturated heterocycles. The fraction of sp³-hybridized carbons (Fsp3) is 0.500. The van der Waals surface area contributed by atoms with Gasteiger partial charge >= 0.3 is 0 Å². The number of aliphatic hydroxyl groups excluding tert-OH is 2. The number of ether oxygens (including phenoxy) is 3. The fourth-order valence-corrected chi connectivity index (χ4v) is 10.3. The van der Waals surface area contributed by atoms with E-state index in [4.69, 9.17) is 73.6 Å². The summed E-state index contributed by atoms with van der Waals surface area (Å²) in [7, 11) is 0. The maximum atomic E-state index is 13.8. The standard InChI is InChI=1S/C30H37N15O12P2S2/c31-24-21-26(36-7-34-24)43(9-38-21)18-1-12(47)16(54-18)5-51-58(49,60)57-14-3-19(44-10-39-22-25(32)35-8-37-27(22)44)55-17(14)6-52-59(50,61)56-13-2-20(53-15(13)4-46)45-11-40-23-28(45)41-30(33)42-29(23)48/h7-20,46-47H,1-6H2,(H,49,60)(H,50,61)(H2,31,34,36)(H2,32,35,37)(H3,33,41,42,48)/p-2/t12?,13?,14?,15-,16-,17-,18-,19-,20-,58?,59?/m1/s1. The van der Waals surface area contributed by atoms with Crippen LogP contribution in [0.1, 0.15) is 37.9 Å². The predicted octanol–water partition coefficient (Wildman–Crippen LogP) is -1.19. The summed E-state index contributed by atoms with van der Waals surface area (Å²) in [6.07, 6.45) is -2.11. The Bertz CT molecular complexity index is 2760. The molecule has 6 aromatic heterocycles. The second-order valence-electron chi connectivity index (χ2n) is 14.1. The lowest BCUT2D eigenvalue weighted by molar-refractivity contribution is -0.215. The first-order valence-corrected chi connectivity index (χ1v) is 23.4. The molecule has 0 aromatic carbocycles. The number of hydrogen-bond donors (Lipinski definition) is 6. The zero-order chi connectivity index (χ0) is 42.8. The Kier molecular flexibility index (Phi) is 11.3. The second kappa shape index (κ2) is 16.4. The van der Waals surface area contributed by atoms with Crippen molar-refractivity contribution in [1.82, 2.24) is 58.6 Å². The summed E-state index contributed by atoms with van der Waals surface area (Å²) in [5, 5.41) is 21.0. The normalized spacial score (nSPS) is 28.9. The number of anilines is 3. The van der Waals surface area contributed by atoms with E-state index < -0.39 is 94.2 Å². The smallest absolute Gasteiger partial charge is 0.280 e. The number of nitrogens with zero attached hydrogens (tertiary/aromatic N) is 11. The molecule has 9 N–H and O–H groups in total. The number of imidazole rings is 3.